The Balaban J connectivity index is 2.14. The molecule has 4 heteroatoms. The molecule has 4 nitrogen and oxygen atoms in total. The summed E-state index contributed by atoms with van der Waals surface area (Å²) in [6.45, 7) is 2.54. The fourth-order valence-electron chi connectivity index (χ4n) is 2.05. The van der Waals surface area contributed by atoms with Crippen LogP contribution in [0.4, 0.5) is 5.69 Å². The van der Waals surface area contributed by atoms with Crippen LogP contribution in [0.1, 0.15) is 21.5 Å². The highest BCUT2D eigenvalue weighted by Gasteiger charge is 2.13. The number of amides is 1. The van der Waals surface area contributed by atoms with E-state index in [0.29, 0.717) is 12.1 Å². The number of aromatic hydroxyl groups is 1. The maximum atomic E-state index is 12.3. The van der Waals surface area contributed by atoms with Gasteiger partial charge in [0, 0.05) is 19.2 Å². The summed E-state index contributed by atoms with van der Waals surface area (Å²) in [4.78, 5) is 13.9. The van der Waals surface area contributed by atoms with Crippen LogP contribution in [0, 0.1) is 6.92 Å². The van der Waals surface area contributed by atoms with Gasteiger partial charge in [0.25, 0.3) is 5.91 Å². The van der Waals surface area contributed by atoms with E-state index in [-0.39, 0.29) is 17.3 Å². The molecule has 104 valence electrons. The van der Waals surface area contributed by atoms with Gasteiger partial charge in [0.15, 0.2) is 0 Å². The summed E-state index contributed by atoms with van der Waals surface area (Å²) in [6, 6.07) is 12.6. The van der Waals surface area contributed by atoms with Crippen LogP contribution in [-0.2, 0) is 6.54 Å². The van der Waals surface area contributed by atoms with Crippen molar-refractivity contribution in [3.05, 3.63) is 59.2 Å². The second kappa shape index (κ2) is 5.65. The Hall–Kier alpha value is -2.49. The molecule has 0 saturated carbocycles. The predicted molar refractivity (Wildman–Crippen MR) is 79.5 cm³/mol. The van der Waals surface area contributed by atoms with E-state index in [1.54, 1.807) is 18.0 Å². The number of aryl methyl sites for hydroxylation is 1. The first-order chi connectivity index (χ1) is 9.47. The van der Waals surface area contributed by atoms with E-state index in [1.165, 1.54) is 12.1 Å². The lowest BCUT2D eigenvalue weighted by molar-refractivity contribution is 0.0784. The summed E-state index contributed by atoms with van der Waals surface area (Å²) in [7, 11) is 1.73. The lowest BCUT2D eigenvalue weighted by Gasteiger charge is -2.18. The Bertz CT molecular complexity index is 638. The number of benzene rings is 2. The molecule has 0 spiro atoms. The Kier molecular flexibility index (Phi) is 3.94. The van der Waals surface area contributed by atoms with Crippen molar-refractivity contribution in [1.82, 2.24) is 4.90 Å². The van der Waals surface area contributed by atoms with Crippen LogP contribution < -0.4 is 5.73 Å². The molecule has 20 heavy (non-hydrogen) atoms. The van der Waals surface area contributed by atoms with Gasteiger partial charge in [0.05, 0.1) is 5.69 Å². The largest absolute Gasteiger partial charge is 0.506 e. The van der Waals surface area contributed by atoms with Crippen molar-refractivity contribution in [1.29, 1.82) is 0 Å². The molecule has 0 aliphatic heterocycles. The van der Waals surface area contributed by atoms with E-state index in [1.807, 2.05) is 31.2 Å². The number of nitrogen functional groups attached to an aromatic ring is 1. The highest BCUT2D eigenvalue weighted by Crippen LogP contribution is 2.21. The van der Waals surface area contributed by atoms with Gasteiger partial charge in [-0.2, -0.15) is 0 Å². The van der Waals surface area contributed by atoms with Gasteiger partial charge in [0.1, 0.15) is 5.75 Å². The highest BCUT2D eigenvalue weighted by atomic mass is 16.3. The van der Waals surface area contributed by atoms with Gasteiger partial charge in [-0.1, -0.05) is 29.8 Å². The molecule has 2 rings (SSSR count). The summed E-state index contributed by atoms with van der Waals surface area (Å²) in [5, 5.41) is 9.56. The predicted octanol–water partition coefficient (Wildman–Crippen LogP) is 2.56. The third-order valence-corrected chi connectivity index (χ3v) is 3.13. The number of rotatable bonds is 3. The molecule has 0 saturated heterocycles. The normalized spacial score (nSPS) is 10.3. The lowest BCUT2D eigenvalue weighted by Crippen LogP contribution is -2.26. The van der Waals surface area contributed by atoms with Crippen LogP contribution in [-0.4, -0.2) is 23.0 Å². The molecule has 0 aliphatic rings. The Morgan fingerprint density at radius 3 is 2.65 bits per heavy atom. The minimum Gasteiger partial charge on any atom is -0.506 e. The zero-order valence-corrected chi connectivity index (χ0v) is 11.6. The summed E-state index contributed by atoms with van der Waals surface area (Å²) in [6.07, 6.45) is 0. The van der Waals surface area contributed by atoms with Crippen LogP contribution in [0.5, 0.6) is 5.75 Å². The second-order valence-corrected chi connectivity index (χ2v) is 4.92. The third kappa shape index (κ3) is 3.09. The number of phenolic OH excluding ortho intramolecular Hbond substituents is 1. The van der Waals surface area contributed by atoms with Crippen LogP contribution in [0.3, 0.4) is 0 Å². The first kappa shape index (κ1) is 13.9. The minimum absolute atomic E-state index is 0.0696. The molecule has 0 heterocycles. The van der Waals surface area contributed by atoms with E-state index in [9.17, 15) is 9.90 Å². The number of carbonyl (C=O) groups excluding carboxylic acids is 1. The molecule has 2 aromatic rings. The van der Waals surface area contributed by atoms with E-state index in [0.717, 1.165) is 11.1 Å². The molecule has 0 aromatic heterocycles. The number of hydrogen-bond donors (Lipinski definition) is 2. The van der Waals surface area contributed by atoms with Gasteiger partial charge in [-0.3, -0.25) is 4.79 Å². The van der Waals surface area contributed by atoms with Crippen molar-refractivity contribution in [3.63, 3.8) is 0 Å². The van der Waals surface area contributed by atoms with Crippen LogP contribution in [0.2, 0.25) is 0 Å². The summed E-state index contributed by atoms with van der Waals surface area (Å²) >= 11 is 0. The number of hydrogen-bond acceptors (Lipinski definition) is 3. The topological polar surface area (TPSA) is 66.6 Å². The summed E-state index contributed by atoms with van der Waals surface area (Å²) < 4.78 is 0. The Labute approximate surface area is 118 Å². The fraction of sp³-hybridized carbons (Fsp3) is 0.188. The van der Waals surface area contributed by atoms with Crippen LogP contribution in [0.15, 0.2) is 42.5 Å². The molecule has 0 aliphatic carbocycles. The summed E-state index contributed by atoms with van der Waals surface area (Å²) in [5.41, 5.74) is 8.45. The zero-order valence-electron chi connectivity index (χ0n) is 11.6. The van der Waals surface area contributed by atoms with Gasteiger partial charge in [-0.05, 0) is 30.7 Å². The Morgan fingerprint density at radius 2 is 2.00 bits per heavy atom. The SMILES string of the molecule is Cc1cccc(CN(C)C(=O)c2ccc(N)c(O)c2)c1. The van der Waals surface area contributed by atoms with Crippen molar-refractivity contribution < 1.29 is 9.90 Å². The molecule has 0 atom stereocenters. The molecular formula is C16H18N2O2. The number of phenols is 1. The maximum absolute atomic E-state index is 12.3. The van der Waals surface area contributed by atoms with Gasteiger partial charge < -0.3 is 15.7 Å². The molecule has 0 unspecified atom stereocenters. The fourth-order valence-corrected chi connectivity index (χ4v) is 2.05. The van der Waals surface area contributed by atoms with Crippen molar-refractivity contribution >= 4 is 11.6 Å². The first-order valence-electron chi connectivity index (χ1n) is 6.37. The summed E-state index contributed by atoms with van der Waals surface area (Å²) in [5.74, 6) is -0.221. The molecule has 2 aromatic carbocycles. The second-order valence-electron chi connectivity index (χ2n) is 4.92. The zero-order chi connectivity index (χ0) is 14.7. The monoisotopic (exact) mass is 270 g/mol. The van der Waals surface area contributed by atoms with Crippen LogP contribution >= 0.6 is 0 Å². The van der Waals surface area contributed by atoms with E-state index in [4.69, 9.17) is 5.73 Å². The average molecular weight is 270 g/mol. The quantitative estimate of drug-likeness (QED) is 0.665. The van der Waals surface area contributed by atoms with E-state index in [2.05, 4.69) is 0 Å². The minimum atomic E-state index is -0.151. The highest BCUT2D eigenvalue weighted by molar-refractivity contribution is 5.95. The standard InChI is InChI=1S/C16H18N2O2/c1-11-4-3-5-12(8-11)10-18(2)16(20)13-6-7-14(17)15(19)9-13/h3-9,19H,10,17H2,1-2H3. The van der Waals surface area contributed by atoms with Gasteiger partial charge in [-0.25, -0.2) is 0 Å². The van der Waals surface area contributed by atoms with Crippen molar-refractivity contribution in [2.45, 2.75) is 13.5 Å². The van der Waals surface area contributed by atoms with Gasteiger partial charge >= 0.3 is 0 Å². The van der Waals surface area contributed by atoms with Gasteiger partial charge in [0.2, 0.25) is 0 Å². The number of nitrogens with two attached hydrogens (primary N) is 1. The van der Waals surface area contributed by atoms with Crippen molar-refractivity contribution in [2.75, 3.05) is 12.8 Å². The van der Waals surface area contributed by atoms with Crippen molar-refractivity contribution in [2.24, 2.45) is 0 Å². The smallest absolute Gasteiger partial charge is 0.254 e. The molecule has 3 N–H and O–H groups in total. The molecule has 1 amide bonds. The number of carbonyl (C=O) groups is 1. The van der Waals surface area contributed by atoms with Crippen LogP contribution in [0.25, 0.3) is 0 Å². The molecular weight excluding hydrogens is 252 g/mol. The lowest BCUT2D eigenvalue weighted by atomic mass is 10.1. The molecule has 0 fully saturated rings. The van der Waals surface area contributed by atoms with Gasteiger partial charge in [-0.15, -0.1) is 0 Å². The maximum Gasteiger partial charge on any atom is 0.254 e. The van der Waals surface area contributed by atoms with E-state index < -0.39 is 0 Å². The van der Waals surface area contributed by atoms with Crippen molar-refractivity contribution in [3.8, 4) is 5.75 Å². The molecule has 0 radical (unpaired) electrons. The van der Waals surface area contributed by atoms with E-state index >= 15 is 0 Å². The number of nitrogens with zero attached hydrogens (tertiary/aromatic N) is 1. The third-order valence-electron chi connectivity index (χ3n) is 3.13. The average Bonchev–Trinajstić information content (AvgIpc) is 2.41. The Morgan fingerprint density at radius 1 is 1.25 bits per heavy atom. The molecule has 0 bridgehead atoms. The first-order valence-corrected chi connectivity index (χ1v) is 6.37. The number of anilines is 1.